The largest absolute Gasteiger partial charge is 0.316 e. The van der Waals surface area contributed by atoms with Gasteiger partial charge in [0.05, 0.1) is 0 Å². The Balaban J connectivity index is 1.98. The van der Waals surface area contributed by atoms with E-state index >= 15 is 0 Å². The molecule has 0 amide bonds. The minimum atomic E-state index is -0.171. The van der Waals surface area contributed by atoms with Crippen molar-refractivity contribution in [2.45, 2.75) is 32.2 Å². The second-order valence-electron chi connectivity index (χ2n) is 4.74. The van der Waals surface area contributed by atoms with E-state index in [1.807, 2.05) is 30.5 Å². The lowest BCUT2D eigenvalue weighted by Gasteiger charge is -2.15. The number of nitrogens with one attached hydrogen (secondary N) is 1. The zero-order chi connectivity index (χ0) is 13.7. The van der Waals surface area contributed by atoms with Crippen molar-refractivity contribution in [3.8, 4) is 0 Å². The fraction of sp³-hybridized carbons (Fsp3) is 0.375. The maximum absolute atomic E-state index is 12.9. The number of halogens is 1. The molecule has 2 aromatic rings. The zero-order valence-corrected chi connectivity index (χ0v) is 12.3. The molecule has 3 heteroatoms. The van der Waals surface area contributed by atoms with Gasteiger partial charge in [0.25, 0.3) is 0 Å². The summed E-state index contributed by atoms with van der Waals surface area (Å²) in [6.07, 6.45) is 3.06. The zero-order valence-electron chi connectivity index (χ0n) is 11.4. The smallest absolute Gasteiger partial charge is 0.123 e. The molecule has 0 aliphatic rings. The molecule has 0 saturated carbocycles. The van der Waals surface area contributed by atoms with Gasteiger partial charge in [-0.2, -0.15) is 0 Å². The number of hydrogen-bond donors (Lipinski definition) is 1. The summed E-state index contributed by atoms with van der Waals surface area (Å²) in [5.41, 5.74) is 1.17. The van der Waals surface area contributed by atoms with Gasteiger partial charge in [-0.1, -0.05) is 19.1 Å². The van der Waals surface area contributed by atoms with E-state index in [-0.39, 0.29) is 5.82 Å². The van der Waals surface area contributed by atoms with Crippen LogP contribution in [0, 0.1) is 5.82 Å². The molecule has 1 N–H and O–H groups in total. The van der Waals surface area contributed by atoms with E-state index in [4.69, 9.17) is 0 Å². The van der Waals surface area contributed by atoms with E-state index in [0.29, 0.717) is 6.04 Å². The van der Waals surface area contributed by atoms with Crippen molar-refractivity contribution < 1.29 is 4.39 Å². The minimum absolute atomic E-state index is 0.171. The van der Waals surface area contributed by atoms with Crippen LogP contribution in [-0.4, -0.2) is 13.1 Å². The molecule has 0 aliphatic carbocycles. The Labute approximate surface area is 118 Å². The molecule has 0 bridgehead atoms. The summed E-state index contributed by atoms with van der Waals surface area (Å²) < 4.78 is 12.9. The van der Waals surface area contributed by atoms with Crippen LogP contribution in [0.3, 0.4) is 0 Å². The van der Waals surface area contributed by atoms with Crippen molar-refractivity contribution in [3.63, 3.8) is 0 Å². The summed E-state index contributed by atoms with van der Waals surface area (Å²) in [7, 11) is 1.99. The molecule has 1 aromatic carbocycles. The van der Waals surface area contributed by atoms with Gasteiger partial charge in [-0.05, 0) is 56.1 Å². The van der Waals surface area contributed by atoms with E-state index in [2.05, 4.69) is 24.4 Å². The fourth-order valence-electron chi connectivity index (χ4n) is 2.15. The molecule has 2 rings (SSSR count). The van der Waals surface area contributed by atoms with Crippen LogP contribution < -0.4 is 5.32 Å². The Morgan fingerprint density at radius 2 is 1.74 bits per heavy atom. The maximum Gasteiger partial charge on any atom is 0.123 e. The van der Waals surface area contributed by atoms with Gasteiger partial charge in [-0.25, -0.2) is 4.39 Å². The SMILES string of the molecule is CCc1ccc(CC(Cc2ccc(F)cc2)NC)s1. The highest BCUT2D eigenvalue weighted by Crippen LogP contribution is 2.19. The first-order chi connectivity index (χ1) is 9.21. The molecule has 1 nitrogen and oxygen atoms in total. The van der Waals surface area contributed by atoms with Crippen LogP contribution in [-0.2, 0) is 19.3 Å². The molecule has 102 valence electrons. The van der Waals surface area contributed by atoms with Crippen LogP contribution >= 0.6 is 11.3 Å². The Morgan fingerprint density at radius 3 is 2.32 bits per heavy atom. The summed E-state index contributed by atoms with van der Waals surface area (Å²) in [5.74, 6) is -0.171. The number of likely N-dealkylation sites (N-methyl/N-ethyl adjacent to an activating group) is 1. The Morgan fingerprint density at radius 1 is 1.05 bits per heavy atom. The molecule has 0 spiro atoms. The van der Waals surface area contributed by atoms with Gasteiger partial charge in [-0.3, -0.25) is 0 Å². The van der Waals surface area contributed by atoms with Crippen molar-refractivity contribution in [3.05, 3.63) is 57.5 Å². The van der Waals surface area contributed by atoms with E-state index in [0.717, 1.165) is 19.3 Å². The number of aryl methyl sites for hydroxylation is 1. The molecular formula is C16H20FNS. The molecule has 0 aliphatic heterocycles. The lowest BCUT2D eigenvalue weighted by atomic mass is 10.0. The molecule has 1 atom stereocenters. The molecule has 1 aromatic heterocycles. The lowest BCUT2D eigenvalue weighted by Crippen LogP contribution is -2.29. The third-order valence-electron chi connectivity index (χ3n) is 3.32. The van der Waals surface area contributed by atoms with Gasteiger partial charge < -0.3 is 5.32 Å². The third-order valence-corrected chi connectivity index (χ3v) is 4.57. The Kier molecular flexibility index (Phi) is 5.11. The highest BCUT2D eigenvalue weighted by atomic mass is 32.1. The van der Waals surface area contributed by atoms with Gasteiger partial charge in [0.2, 0.25) is 0 Å². The number of rotatable bonds is 6. The Bertz CT molecular complexity index is 504. The van der Waals surface area contributed by atoms with Crippen molar-refractivity contribution >= 4 is 11.3 Å². The van der Waals surface area contributed by atoms with E-state index in [1.165, 1.54) is 27.5 Å². The van der Waals surface area contributed by atoms with Crippen molar-refractivity contribution in [2.24, 2.45) is 0 Å². The predicted molar refractivity (Wildman–Crippen MR) is 80.4 cm³/mol. The monoisotopic (exact) mass is 277 g/mol. The van der Waals surface area contributed by atoms with Crippen molar-refractivity contribution in [2.75, 3.05) is 7.05 Å². The topological polar surface area (TPSA) is 12.0 Å². The predicted octanol–water partition coefficient (Wildman–Crippen LogP) is 3.82. The van der Waals surface area contributed by atoms with E-state index < -0.39 is 0 Å². The average molecular weight is 277 g/mol. The average Bonchev–Trinajstić information content (AvgIpc) is 2.88. The van der Waals surface area contributed by atoms with Crippen LogP contribution in [0.5, 0.6) is 0 Å². The third kappa shape index (κ3) is 4.15. The second-order valence-corrected chi connectivity index (χ2v) is 5.99. The van der Waals surface area contributed by atoms with E-state index in [9.17, 15) is 4.39 Å². The summed E-state index contributed by atoms with van der Waals surface area (Å²) in [4.78, 5) is 2.85. The van der Waals surface area contributed by atoms with Gasteiger partial charge in [0.15, 0.2) is 0 Å². The first-order valence-corrected chi connectivity index (χ1v) is 7.52. The van der Waals surface area contributed by atoms with Crippen LogP contribution in [0.1, 0.15) is 22.2 Å². The first-order valence-electron chi connectivity index (χ1n) is 6.70. The fourth-order valence-corrected chi connectivity index (χ4v) is 3.18. The Hall–Kier alpha value is -1.19. The van der Waals surface area contributed by atoms with Crippen LogP contribution in [0.4, 0.5) is 4.39 Å². The molecule has 1 unspecified atom stereocenters. The maximum atomic E-state index is 12.9. The summed E-state index contributed by atoms with van der Waals surface area (Å²) in [6, 6.07) is 11.6. The standard InChI is InChI=1S/C16H20FNS/c1-3-15-8-9-16(19-15)11-14(18-2)10-12-4-6-13(17)7-5-12/h4-9,14,18H,3,10-11H2,1-2H3. The van der Waals surface area contributed by atoms with Crippen LogP contribution in [0.2, 0.25) is 0 Å². The number of hydrogen-bond acceptors (Lipinski definition) is 2. The number of thiophene rings is 1. The van der Waals surface area contributed by atoms with Crippen LogP contribution in [0.25, 0.3) is 0 Å². The van der Waals surface area contributed by atoms with Gasteiger partial charge in [0.1, 0.15) is 5.82 Å². The summed E-state index contributed by atoms with van der Waals surface area (Å²) >= 11 is 1.89. The molecule has 1 heterocycles. The van der Waals surface area contributed by atoms with Crippen LogP contribution in [0.15, 0.2) is 36.4 Å². The van der Waals surface area contributed by atoms with Gasteiger partial charge in [0, 0.05) is 15.8 Å². The van der Waals surface area contributed by atoms with Crippen molar-refractivity contribution in [1.29, 1.82) is 0 Å². The summed E-state index contributed by atoms with van der Waals surface area (Å²) in [5, 5.41) is 3.35. The highest BCUT2D eigenvalue weighted by Gasteiger charge is 2.10. The number of benzene rings is 1. The summed E-state index contributed by atoms with van der Waals surface area (Å²) in [6.45, 7) is 2.18. The molecule has 0 saturated heterocycles. The first kappa shape index (κ1) is 14.2. The highest BCUT2D eigenvalue weighted by molar-refractivity contribution is 7.11. The molecule has 0 radical (unpaired) electrons. The molecule has 0 fully saturated rings. The molecule has 19 heavy (non-hydrogen) atoms. The van der Waals surface area contributed by atoms with E-state index in [1.54, 1.807) is 0 Å². The second kappa shape index (κ2) is 6.83. The normalized spacial score (nSPS) is 12.6. The molecular weight excluding hydrogens is 257 g/mol. The van der Waals surface area contributed by atoms with Gasteiger partial charge in [-0.15, -0.1) is 11.3 Å². The quantitative estimate of drug-likeness (QED) is 0.846. The minimum Gasteiger partial charge on any atom is -0.316 e. The van der Waals surface area contributed by atoms with Crippen molar-refractivity contribution in [1.82, 2.24) is 5.32 Å². The lowest BCUT2D eigenvalue weighted by molar-refractivity contribution is 0.559. The van der Waals surface area contributed by atoms with Gasteiger partial charge >= 0.3 is 0 Å².